The van der Waals surface area contributed by atoms with Crippen LogP contribution in [0.3, 0.4) is 0 Å². The van der Waals surface area contributed by atoms with E-state index in [2.05, 4.69) is 30.8 Å². The van der Waals surface area contributed by atoms with Crippen LogP contribution in [-0.2, 0) is 4.74 Å². The van der Waals surface area contributed by atoms with E-state index in [1.54, 1.807) is 0 Å². The number of hydrogen-bond acceptors (Lipinski definition) is 4. The van der Waals surface area contributed by atoms with Gasteiger partial charge in [0, 0.05) is 37.8 Å². The van der Waals surface area contributed by atoms with Gasteiger partial charge in [-0.05, 0) is 26.4 Å². The lowest BCUT2D eigenvalue weighted by molar-refractivity contribution is 0.0121. The first-order chi connectivity index (χ1) is 7.59. The van der Waals surface area contributed by atoms with Crippen molar-refractivity contribution in [2.75, 3.05) is 40.4 Å². The standard InChI is InChI=1S/C12H25N3O/c1-9-6-15(7-11(9)14(2)3)12-8-16-5-4-10(12)13/h9-12H,4-8,13H2,1-3H3. The second-order valence-electron chi connectivity index (χ2n) is 5.56. The van der Waals surface area contributed by atoms with Crippen LogP contribution in [0.2, 0.25) is 0 Å². The molecule has 2 aliphatic heterocycles. The molecule has 4 nitrogen and oxygen atoms in total. The first-order valence-corrected chi connectivity index (χ1v) is 6.33. The summed E-state index contributed by atoms with van der Waals surface area (Å²) in [6.07, 6.45) is 1.00. The van der Waals surface area contributed by atoms with Gasteiger partial charge in [0.05, 0.1) is 6.61 Å². The Morgan fingerprint density at radius 2 is 2.06 bits per heavy atom. The third-order valence-corrected chi connectivity index (χ3v) is 4.11. The summed E-state index contributed by atoms with van der Waals surface area (Å²) < 4.78 is 5.56. The maximum absolute atomic E-state index is 6.19. The first-order valence-electron chi connectivity index (χ1n) is 6.33. The lowest BCUT2D eigenvalue weighted by Gasteiger charge is -2.36. The van der Waals surface area contributed by atoms with Gasteiger partial charge < -0.3 is 15.4 Å². The highest BCUT2D eigenvalue weighted by molar-refractivity contribution is 4.94. The van der Waals surface area contributed by atoms with Crippen LogP contribution in [0.4, 0.5) is 0 Å². The molecule has 4 unspecified atom stereocenters. The summed E-state index contributed by atoms with van der Waals surface area (Å²) in [5, 5.41) is 0. The fourth-order valence-electron chi connectivity index (χ4n) is 3.05. The minimum Gasteiger partial charge on any atom is -0.380 e. The van der Waals surface area contributed by atoms with Crippen molar-refractivity contribution in [1.29, 1.82) is 0 Å². The Labute approximate surface area is 98.7 Å². The highest BCUT2D eigenvalue weighted by Gasteiger charge is 2.37. The Hall–Kier alpha value is -0.160. The molecule has 0 radical (unpaired) electrons. The smallest absolute Gasteiger partial charge is 0.0636 e. The molecule has 0 aliphatic carbocycles. The average Bonchev–Trinajstić information content (AvgIpc) is 2.61. The van der Waals surface area contributed by atoms with E-state index >= 15 is 0 Å². The lowest BCUT2D eigenvalue weighted by Crippen LogP contribution is -2.53. The predicted molar refractivity (Wildman–Crippen MR) is 65.4 cm³/mol. The molecule has 16 heavy (non-hydrogen) atoms. The predicted octanol–water partition coefficient (Wildman–Crippen LogP) is -0.0155. The summed E-state index contributed by atoms with van der Waals surface area (Å²) in [5.74, 6) is 0.726. The van der Waals surface area contributed by atoms with Crippen molar-refractivity contribution in [3.8, 4) is 0 Å². The van der Waals surface area contributed by atoms with Gasteiger partial charge in [0.2, 0.25) is 0 Å². The van der Waals surface area contributed by atoms with Crippen molar-refractivity contribution in [3.63, 3.8) is 0 Å². The summed E-state index contributed by atoms with van der Waals surface area (Å²) in [6.45, 7) is 6.27. The second kappa shape index (κ2) is 5.00. The number of hydrogen-bond donors (Lipinski definition) is 1. The van der Waals surface area contributed by atoms with Gasteiger partial charge in [-0.15, -0.1) is 0 Å². The Balaban J connectivity index is 1.96. The lowest BCUT2D eigenvalue weighted by atomic mass is 10.0. The van der Waals surface area contributed by atoms with Crippen LogP contribution >= 0.6 is 0 Å². The summed E-state index contributed by atoms with van der Waals surface area (Å²) in [6, 6.07) is 1.39. The van der Waals surface area contributed by atoms with Crippen LogP contribution in [0, 0.1) is 5.92 Å². The highest BCUT2D eigenvalue weighted by Crippen LogP contribution is 2.24. The molecule has 0 spiro atoms. The quantitative estimate of drug-likeness (QED) is 0.720. The minimum absolute atomic E-state index is 0.293. The van der Waals surface area contributed by atoms with Gasteiger partial charge in [-0.2, -0.15) is 0 Å². The summed E-state index contributed by atoms with van der Waals surface area (Å²) >= 11 is 0. The molecule has 2 heterocycles. The number of likely N-dealkylation sites (N-methyl/N-ethyl adjacent to an activating group) is 1. The average molecular weight is 227 g/mol. The van der Waals surface area contributed by atoms with Crippen LogP contribution in [0.5, 0.6) is 0 Å². The molecule has 2 N–H and O–H groups in total. The van der Waals surface area contributed by atoms with E-state index < -0.39 is 0 Å². The van der Waals surface area contributed by atoms with Gasteiger partial charge in [-0.25, -0.2) is 0 Å². The molecule has 2 rings (SSSR count). The molecule has 94 valence electrons. The zero-order valence-corrected chi connectivity index (χ0v) is 10.7. The Kier molecular flexibility index (Phi) is 3.85. The van der Waals surface area contributed by atoms with E-state index in [1.807, 2.05) is 0 Å². The topological polar surface area (TPSA) is 41.7 Å². The zero-order chi connectivity index (χ0) is 11.7. The summed E-state index contributed by atoms with van der Waals surface area (Å²) in [4.78, 5) is 4.86. The summed E-state index contributed by atoms with van der Waals surface area (Å²) in [7, 11) is 4.34. The van der Waals surface area contributed by atoms with Crippen LogP contribution in [0.15, 0.2) is 0 Å². The molecule has 4 atom stereocenters. The van der Waals surface area contributed by atoms with Crippen molar-refractivity contribution >= 4 is 0 Å². The van der Waals surface area contributed by atoms with Gasteiger partial charge in [-0.3, -0.25) is 4.90 Å². The van der Waals surface area contributed by atoms with E-state index in [9.17, 15) is 0 Å². The normalized spacial score (nSPS) is 41.8. The maximum Gasteiger partial charge on any atom is 0.0636 e. The van der Waals surface area contributed by atoms with Crippen molar-refractivity contribution in [2.24, 2.45) is 11.7 Å². The van der Waals surface area contributed by atoms with Crippen LogP contribution in [0.25, 0.3) is 0 Å². The number of ether oxygens (including phenoxy) is 1. The first kappa shape index (κ1) is 12.3. The van der Waals surface area contributed by atoms with Crippen molar-refractivity contribution in [2.45, 2.75) is 31.5 Å². The monoisotopic (exact) mass is 227 g/mol. The van der Waals surface area contributed by atoms with Gasteiger partial charge in [0.25, 0.3) is 0 Å². The third-order valence-electron chi connectivity index (χ3n) is 4.11. The molecule has 0 aromatic heterocycles. The molecule has 0 aromatic carbocycles. The van der Waals surface area contributed by atoms with Crippen LogP contribution in [0.1, 0.15) is 13.3 Å². The van der Waals surface area contributed by atoms with Crippen molar-refractivity contribution in [3.05, 3.63) is 0 Å². The molecule has 0 saturated carbocycles. The van der Waals surface area contributed by atoms with E-state index in [1.165, 1.54) is 0 Å². The van der Waals surface area contributed by atoms with Gasteiger partial charge >= 0.3 is 0 Å². The number of rotatable bonds is 2. The van der Waals surface area contributed by atoms with Gasteiger partial charge in [0.15, 0.2) is 0 Å². The molecule has 0 bridgehead atoms. The van der Waals surface area contributed by atoms with Gasteiger partial charge in [-0.1, -0.05) is 6.92 Å². The fraction of sp³-hybridized carbons (Fsp3) is 1.00. The number of nitrogens with two attached hydrogens (primary N) is 1. The van der Waals surface area contributed by atoms with Crippen molar-refractivity contribution in [1.82, 2.24) is 9.80 Å². The van der Waals surface area contributed by atoms with Crippen molar-refractivity contribution < 1.29 is 4.74 Å². The fourth-order valence-corrected chi connectivity index (χ4v) is 3.05. The van der Waals surface area contributed by atoms with Crippen LogP contribution < -0.4 is 5.73 Å². The van der Waals surface area contributed by atoms with E-state index in [-0.39, 0.29) is 0 Å². The molecule has 2 aliphatic rings. The largest absolute Gasteiger partial charge is 0.380 e. The molecular formula is C12H25N3O. The Morgan fingerprint density at radius 3 is 2.62 bits per heavy atom. The number of nitrogens with zero attached hydrogens (tertiary/aromatic N) is 2. The minimum atomic E-state index is 0.293. The zero-order valence-electron chi connectivity index (χ0n) is 10.7. The highest BCUT2D eigenvalue weighted by atomic mass is 16.5. The van der Waals surface area contributed by atoms with Crippen LogP contribution in [-0.4, -0.2) is 68.3 Å². The van der Waals surface area contributed by atoms with E-state index in [4.69, 9.17) is 10.5 Å². The molecule has 4 heteroatoms. The van der Waals surface area contributed by atoms with Gasteiger partial charge in [0.1, 0.15) is 0 Å². The maximum atomic E-state index is 6.19. The van der Waals surface area contributed by atoms with E-state index in [0.717, 1.165) is 38.6 Å². The second-order valence-corrected chi connectivity index (χ2v) is 5.56. The van der Waals surface area contributed by atoms with E-state index in [0.29, 0.717) is 18.1 Å². The molecule has 2 fully saturated rings. The Morgan fingerprint density at radius 1 is 1.31 bits per heavy atom. The molecule has 2 saturated heterocycles. The SMILES string of the molecule is CC1CN(C2COCCC2N)CC1N(C)C. The molecule has 0 amide bonds. The third kappa shape index (κ3) is 2.40. The summed E-state index contributed by atoms with van der Waals surface area (Å²) in [5.41, 5.74) is 6.19. The Bertz CT molecular complexity index is 234. The number of likely N-dealkylation sites (tertiary alicyclic amines) is 1. The molecular weight excluding hydrogens is 202 g/mol. The molecule has 0 aromatic rings.